The maximum absolute atomic E-state index is 12.0. The zero-order valence-corrected chi connectivity index (χ0v) is 18.0. The van der Waals surface area contributed by atoms with E-state index in [2.05, 4.69) is 15.3 Å². The zero-order chi connectivity index (χ0) is 20.1. The zero-order valence-electron chi connectivity index (χ0n) is 15.6. The number of aliphatic imine (C=N–C) groups is 1. The van der Waals surface area contributed by atoms with Crippen molar-refractivity contribution < 1.29 is 9.53 Å². The lowest BCUT2D eigenvalue weighted by Crippen LogP contribution is -2.32. The van der Waals surface area contributed by atoms with Crippen molar-refractivity contribution in [2.75, 3.05) is 18.9 Å². The van der Waals surface area contributed by atoms with Gasteiger partial charge in [-0.25, -0.2) is 4.98 Å². The van der Waals surface area contributed by atoms with E-state index in [-0.39, 0.29) is 12.0 Å². The second-order valence-electron chi connectivity index (χ2n) is 6.67. The maximum atomic E-state index is 12.0. The highest BCUT2D eigenvalue weighted by atomic mass is 35.5. The number of amides is 1. The normalized spacial score (nSPS) is 16.7. The Bertz CT molecular complexity index is 1010. The molecule has 1 N–H and O–H groups in total. The van der Waals surface area contributed by atoms with Crippen molar-refractivity contribution in [3.8, 4) is 0 Å². The summed E-state index contributed by atoms with van der Waals surface area (Å²) in [6, 6.07) is 13.5. The van der Waals surface area contributed by atoms with E-state index in [1.165, 1.54) is 11.8 Å². The lowest BCUT2D eigenvalue weighted by Gasteiger charge is -2.09. The van der Waals surface area contributed by atoms with E-state index in [0.717, 1.165) is 45.3 Å². The van der Waals surface area contributed by atoms with Crippen LogP contribution in [-0.2, 0) is 9.53 Å². The van der Waals surface area contributed by atoms with E-state index in [4.69, 9.17) is 16.3 Å². The van der Waals surface area contributed by atoms with Gasteiger partial charge in [0, 0.05) is 24.4 Å². The number of thiazole rings is 1. The summed E-state index contributed by atoms with van der Waals surface area (Å²) in [4.78, 5) is 21.2. The maximum Gasteiger partial charge on any atom is 0.230 e. The smallest absolute Gasteiger partial charge is 0.230 e. The Hall–Kier alpha value is -1.93. The summed E-state index contributed by atoms with van der Waals surface area (Å²) in [6.45, 7) is 1.39. The minimum absolute atomic E-state index is 0.0120. The van der Waals surface area contributed by atoms with Gasteiger partial charge in [-0.1, -0.05) is 35.5 Å². The van der Waals surface area contributed by atoms with Gasteiger partial charge in [0.2, 0.25) is 5.91 Å². The number of thioether (sulfide) groups is 1. The van der Waals surface area contributed by atoms with E-state index < -0.39 is 0 Å². The first-order valence-corrected chi connectivity index (χ1v) is 11.5. The number of nitrogens with one attached hydrogen (secondary N) is 1. The third-order valence-corrected chi connectivity index (χ3v) is 6.88. The molecule has 1 aromatic heterocycles. The van der Waals surface area contributed by atoms with Crippen LogP contribution in [0.15, 0.2) is 51.8 Å². The second kappa shape index (κ2) is 9.71. The highest BCUT2D eigenvalue weighted by Crippen LogP contribution is 2.32. The standard InChI is InChI=1S/C21H20ClN3O2S2/c22-15-5-3-14(4-6-15)11-23-16-7-8-18-19(10-16)29-21(25-18)28-13-20(26)24-12-17-2-1-9-27-17/h3-8,10-11,17H,1-2,9,12-13H2,(H,24,26)/t17-/m0/s1. The minimum atomic E-state index is 0.0120. The first-order chi connectivity index (χ1) is 14.2. The van der Waals surface area contributed by atoms with Crippen LogP contribution in [-0.4, -0.2) is 42.1 Å². The van der Waals surface area contributed by atoms with Gasteiger partial charge >= 0.3 is 0 Å². The van der Waals surface area contributed by atoms with Gasteiger partial charge in [0.15, 0.2) is 4.34 Å². The van der Waals surface area contributed by atoms with Crippen molar-refractivity contribution in [1.29, 1.82) is 0 Å². The summed E-state index contributed by atoms with van der Waals surface area (Å²) in [5, 5.41) is 3.65. The van der Waals surface area contributed by atoms with Crippen LogP contribution in [0.5, 0.6) is 0 Å². The fourth-order valence-corrected chi connectivity index (χ4v) is 5.00. The van der Waals surface area contributed by atoms with Gasteiger partial charge in [0.1, 0.15) is 0 Å². The summed E-state index contributed by atoms with van der Waals surface area (Å²) >= 11 is 8.94. The van der Waals surface area contributed by atoms with Crippen molar-refractivity contribution in [3.05, 3.63) is 53.1 Å². The van der Waals surface area contributed by atoms with Crippen LogP contribution < -0.4 is 5.32 Å². The Labute approximate surface area is 182 Å². The third-order valence-electron chi connectivity index (χ3n) is 4.46. The molecule has 1 saturated heterocycles. The van der Waals surface area contributed by atoms with Crippen molar-refractivity contribution in [3.63, 3.8) is 0 Å². The summed E-state index contributed by atoms with van der Waals surface area (Å²) in [5.74, 6) is 0.367. The van der Waals surface area contributed by atoms with Crippen LogP contribution >= 0.6 is 34.7 Å². The number of nitrogens with zero attached hydrogens (tertiary/aromatic N) is 2. The predicted molar refractivity (Wildman–Crippen MR) is 121 cm³/mol. The van der Waals surface area contributed by atoms with Gasteiger partial charge < -0.3 is 10.1 Å². The molecule has 1 fully saturated rings. The van der Waals surface area contributed by atoms with Gasteiger partial charge in [-0.05, 0) is 48.7 Å². The topological polar surface area (TPSA) is 63.6 Å². The van der Waals surface area contributed by atoms with E-state index >= 15 is 0 Å². The van der Waals surface area contributed by atoms with E-state index in [0.29, 0.717) is 17.3 Å². The summed E-state index contributed by atoms with van der Waals surface area (Å²) in [6.07, 6.45) is 4.08. The highest BCUT2D eigenvalue weighted by Gasteiger charge is 2.16. The molecule has 0 aliphatic carbocycles. The van der Waals surface area contributed by atoms with E-state index in [9.17, 15) is 4.79 Å². The molecule has 0 radical (unpaired) electrons. The number of halogens is 1. The van der Waals surface area contributed by atoms with Crippen molar-refractivity contribution in [2.24, 2.45) is 4.99 Å². The third kappa shape index (κ3) is 5.79. The van der Waals surface area contributed by atoms with Gasteiger partial charge in [-0.3, -0.25) is 9.79 Å². The number of carbonyl (C=O) groups is 1. The number of hydrogen-bond acceptors (Lipinski definition) is 6. The molecule has 1 amide bonds. The Morgan fingerprint density at radius 3 is 3.00 bits per heavy atom. The van der Waals surface area contributed by atoms with Crippen LogP contribution in [0.25, 0.3) is 10.2 Å². The van der Waals surface area contributed by atoms with Crippen LogP contribution in [0.2, 0.25) is 5.02 Å². The molecule has 0 saturated carbocycles. The van der Waals surface area contributed by atoms with E-state index in [1.54, 1.807) is 11.3 Å². The molecule has 8 heteroatoms. The number of aromatic nitrogens is 1. The number of rotatable bonds is 7. The summed E-state index contributed by atoms with van der Waals surface area (Å²) in [7, 11) is 0. The molecule has 2 aromatic carbocycles. The lowest BCUT2D eigenvalue weighted by molar-refractivity contribution is -0.119. The number of hydrogen-bond donors (Lipinski definition) is 1. The Balaban J connectivity index is 1.34. The van der Waals surface area contributed by atoms with Gasteiger partial charge in [0.05, 0.1) is 27.8 Å². The SMILES string of the molecule is O=C(CSc1nc2ccc(N=Cc3ccc(Cl)cc3)cc2s1)NC[C@@H]1CCCO1. The van der Waals surface area contributed by atoms with Crippen LogP contribution in [0.4, 0.5) is 5.69 Å². The van der Waals surface area contributed by atoms with Gasteiger partial charge in [-0.2, -0.15) is 0 Å². The predicted octanol–water partition coefficient (Wildman–Crippen LogP) is 5.09. The Morgan fingerprint density at radius 2 is 2.21 bits per heavy atom. The summed E-state index contributed by atoms with van der Waals surface area (Å²) < 4.78 is 7.46. The lowest BCUT2D eigenvalue weighted by atomic mass is 10.2. The molecule has 5 nitrogen and oxygen atoms in total. The van der Waals surface area contributed by atoms with Crippen LogP contribution in [0.3, 0.4) is 0 Å². The molecule has 0 spiro atoms. The quantitative estimate of drug-likeness (QED) is 0.406. The first-order valence-electron chi connectivity index (χ1n) is 9.37. The molecule has 4 rings (SSSR count). The Morgan fingerprint density at radius 1 is 1.34 bits per heavy atom. The second-order valence-corrected chi connectivity index (χ2v) is 9.36. The molecule has 1 aliphatic rings. The molecular weight excluding hydrogens is 426 g/mol. The molecule has 0 unspecified atom stereocenters. The number of fused-ring (bicyclic) bond motifs is 1. The average Bonchev–Trinajstić information content (AvgIpc) is 3.39. The molecule has 29 heavy (non-hydrogen) atoms. The fraction of sp³-hybridized carbons (Fsp3) is 0.286. The number of carbonyl (C=O) groups excluding carboxylic acids is 1. The van der Waals surface area contributed by atoms with Crippen LogP contribution in [0, 0.1) is 0 Å². The van der Waals surface area contributed by atoms with E-state index in [1.807, 2.05) is 48.7 Å². The van der Waals surface area contributed by atoms with Crippen molar-refractivity contribution in [1.82, 2.24) is 10.3 Å². The molecule has 1 atom stereocenters. The number of benzene rings is 2. The molecular formula is C21H20ClN3O2S2. The number of ether oxygens (including phenoxy) is 1. The highest BCUT2D eigenvalue weighted by molar-refractivity contribution is 8.01. The molecule has 1 aliphatic heterocycles. The Kier molecular flexibility index (Phi) is 6.82. The molecule has 3 aromatic rings. The minimum Gasteiger partial charge on any atom is -0.376 e. The largest absolute Gasteiger partial charge is 0.376 e. The summed E-state index contributed by atoms with van der Waals surface area (Å²) in [5.41, 5.74) is 2.77. The van der Waals surface area contributed by atoms with Crippen molar-refractivity contribution >= 4 is 62.7 Å². The monoisotopic (exact) mass is 445 g/mol. The average molecular weight is 446 g/mol. The van der Waals surface area contributed by atoms with Crippen LogP contribution in [0.1, 0.15) is 18.4 Å². The first kappa shape index (κ1) is 20.3. The molecule has 150 valence electrons. The van der Waals surface area contributed by atoms with Crippen molar-refractivity contribution in [2.45, 2.75) is 23.3 Å². The molecule has 2 heterocycles. The van der Waals surface area contributed by atoms with Gasteiger partial charge in [0.25, 0.3) is 0 Å². The van der Waals surface area contributed by atoms with Gasteiger partial charge in [-0.15, -0.1) is 11.3 Å². The fourth-order valence-electron chi connectivity index (χ4n) is 2.94. The molecule has 0 bridgehead atoms.